The summed E-state index contributed by atoms with van der Waals surface area (Å²) in [4.78, 5) is 4.20. The molecule has 68 valence electrons. The van der Waals surface area contributed by atoms with Gasteiger partial charge in [-0.1, -0.05) is 0 Å². The minimum Gasteiger partial charge on any atom is -0.368 e. The molecule has 1 rings (SSSR count). The number of ether oxygens (including phenoxy) is 1. The quantitative estimate of drug-likeness (QED) is 0.828. The van der Waals surface area contributed by atoms with E-state index < -0.39 is 0 Å². The van der Waals surface area contributed by atoms with Crippen LogP contribution in [0.2, 0.25) is 0 Å². The second-order valence-corrected chi connectivity index (χ2v) is 4.84. The molecule has 5 heteroatoms. The molecule has 0 bridgehead atoms. The second-order valence-electron chi connectivity index (χ2n) is 2.81. The fourth-order valence-electron chi connectivity index (χ4n) is 0.875. The Morgan fingerprint density at radius 2 is 2.25 bits per heavy atom. The van der Waals surface area contributed by atoms with Crippen molar-refractivity contribution in [2.45, 2.75) is 26.4 Å². The molecular formula is C7H11BrN2OS. The van der Waals surface area contributed by atoms with E-state index in [4.69, 9.17) is 4.74 Å². The Balaban J connectivity index is 2.81. The first kappa shape index (κ1) is 10.1. The normalized spacial score (nSPS) is 12.0. The van der Waals surface area contributed by atoms with Crippen LogP contribution in [0.1, 0.15) is 26.6 Å². The van der Waals surface area contributed by atoms with Gasteiger partial charge in [0.25, 0.3) is 0 Å². The summed E-state index contributed by atoms with van der Waals surface area (Å²) in [5, 5.41) is 0. The SMILES string of the molecule is CCOC(C)(C)c1nsc(Br)n1. The van der Waals surface area contributed by atoms with Gasteiger partial charge in [-0.25, -0.2) is 4.98 Å². The van der Waals surface area contributed by atoms with Gasteiger partial charge in [-0.3, -0.25) is 0 Å². The maximum atomic E-state index is 5.49. The van der Waals surface area contributed by atoms with Crippen LogP contribution in [0.25, 0.3) is 0 Å². The maximum Gasteiger partial charge on any atom is 0.179 e. The van der Waals surface area contributed by atoms with Gasteiger partial charge in [0.15, 0.2) is 9.74 Å². The summed E-state index contributed by atoms with van der Waals surface area (Å²) in [5.74, 6) is 0.737. The van der Waals surface area contributed by atoms with Crippen molar-refractivity contribution in [3.63, 3.8) is 0 Å². The van der Waals surface area contributed by atoms with E-state index in [1.165, 1.54) is 11.5 Å². The van der Waals surface area contributed by atoms with Gasteiger partial charge in [0.05, 0.1) is 0 Å². The van der Waals surface area contributed by atoms with Crippen molar-refractivity contribution in [2.24, 2.45) is 0 Å². The molecule has 1 heterocycles. The lowest BCUT2D eigenvalue weighted by atomic mass is 10.1. The highest BCUT2D eigenvalue weighted by Gasteiger charge is 2.25. The van der Waals surface area contributed by atoms with E-state index in [0.717, 1.165) is 9.74 Å². The number of aromatic nitrogens is 2. The average Bonchev–Trinajstić information content (AvgIpc) is 2.36. The number of halogens is 1. The minimum absolute atomic E-state index is 0.378. The van der Waals surface area contributed by atoms with Crippen molar-refractivity contribution >= 4 is 27.5 Å². The van der Waals surface area contributed by atoms with Crippen LogP contribution in [-0.2, 0) is 10.3 Å². The Morgan fingerprint density at radius 3 is 2.67 bits per heavy atom. The van der Waals surface area contributed by atoms with E-state index in [1.54, 1.807) is 0 Å². The summed E-state index contributed by atoms with van der Waals surface area (Å²) in [5.41, 5.74) is -0.378. The summed E-state index contributed by atoms with van der Waals surface area (Å²) in [7, 11) is 0. The number of hydrogen-bond acceptors (Lipinski definition) is 4. The van der Waals surface area contributed by atoms with Crippen LogP contribution in [-0.4, -0.2) is 16.0 Å². The highest BCUT2D eigenvalue weighted by molar-refractivity contribution is 9.11. The topological polar surface area (TPSA) is 35.0 Å². The van der Waals surface area contributed by atoms with Crippen molar-refractivity contribution in [3.8, 4) is 0 Å². The molecule has 0 saturated heterocycles. The van der Waals surface area contributed by atoms with E-state index in [-0.39, 0.29) is 5.60 Å². The molecular weight excluding hydrogens is 240 g/mol. The number of rotatable bonds is 3. The Hall–Kier alpha value is -0.0000000000000000555. The van der Waals surface area contributed by atoms with Crippen molar-refractivity contribution in [1.82, 2.24) is 9.36 Å². The van der Waals surface area contributed by atoms with Crippen LogP contribution in [0, 0.1) is 0 Å². The third-order valence-corrected chi connectivity index (χ3v) is 2.56. The molecule has 12 heavy (non-hydrogen) atoms. The monoisotopic (exact) mass is 250 g/mol. The van der Waals surface area contributed by atoms with Crippen molar-refractivity contribution < 1.29 is 4.74 Å². The van der Waals surface area contributed by atoms with Crippen molar-refractivity contribution in [3.05, 3.63) is 9.74 Å². The first-order valence-corrected chi connectivity index (χ1v) is 5.26. The zero-order valence-electron chi connectivity index (χ0n) is 7.30. The zero-order valence-corrected chi connectivity index (χ0v) is 9.70. The molecule has 1 aromatic heterocycles. The van der Waals surface area contributed by atoms with Gasteiger partial charge in [-0.2, -0.15) is 4.37 Å². The van der Waals surface area contributed by atoms with Gasteiger partial charge in [0.1, 0.15) is 5.60 Å². The standard InChI is InChI=1S/C7H11BrN2OS/c1-4-11-7(2,3)5-9-6(8)12-10-5/h4H2,1-3H3. The molecule has 0 N–H and O–H groups in total. The van der Waals surface area contributed by atoms with E-state index in [2.05, 4.69) is 25.3 Å². The number of hydrogen-bond donors (Lipinski definition) is 0. The van der Waals surface area contributed by atoms with Gasteiger partial charge in [-0.05, 0) is 48.2 Å². The predicted octanol–water partition coefficient (Wildman–Crippen LogP) is 2.57. The maximum absolute atomic E-state index is 5.49. The lowest BCUT2D eigenvalue weighted by molar-refractivity contribution is -0.0200. The van der Waals surface area contributed by atoms with E-state index in [9.17, 15) is 0 Å². The highest BCUT2D eigenvalue weighted by atomic mass is 79.9. The predicted molar refractivity (Wildman–Crippen MR) is 52.3 cm³/mol. The van der Waals surface area contributed by atoms with Gasteiger partial charge in [0, 0.05) is 6.61 Å². The molecule has 0 radical (unpaired) electrons. The van der Waals surface area contributed by atoms with Gasteiger partial charge < -0.3 is 4.74 Å². The molecule has 0 fully saturated rings. The summed E-state index contributed by atoms with van der Waals surface area (Å²) < 4.78 is 10.5. The van der Waals surface area contributed by atoms with Crippen molar-refractivity contribution in [1.29, 1.82) is 0 Å². The van der Waals surface area contributed by atoms with Crippen molar-refractivity contribution in [2.75, 3.05) is 6.61 Å². The fourth-order valence-corrected chi connectivity index (χ4v) is 1.81. The van der Waals surface area contributed by atoms with E-state index in [1.807, 2.05) is 20.8 Å². The largest absolute Gasteiger partial charge is 0.368 e. The third kappa shape index (κ3) is 2.24. The molecule has 0 aliphatic heterocycles. The van der Waals surface area contributed by atoms with Gasteiger partial charge in [-0.15, -0.1) is 0 Å². The molecule has 3 nitrogen and oxygen atoms in total. The van der Waals surface area contributed by atoms with Crippen LogP contribution in [0.3, 0.4) is 0 Å². The molecule has 1 aromatic rings. The Bertz CT molecular complexity index is 262. The van der Waals surface area contributed by atoms with E-state index >= 15 is 0 Å². The van der Waals surface area contributed by atoms with Crippen LogP contribution in [0.15, 0.2) is 3.92 Å². The average molecular weight is 251 g/mol. The van der Waals surface area contributed by atoms with Gasteiger partial charge >= 0.3 is 0 Å². The molecule has 0 amide bonds. The first-order chi connectivity index (χ1) is 5.56. The Morgan fingerprint density at radius 1 is 1.58 bits per heavy atom. The Labute approximate surface area is 84.5 Å². The second kappa shape index (κ2) is 3.81. The third-order valence-electron chi connectivity index (χ3n) is 1.44. The molecule has 0 spiro atoms. The molecule has 0 aliphatic rings. The summed E-state index contributed by atoms with van der Waals surface area (Å²) in [6.07, 6.45) is 0. The number of nitrogens with zero attached hydrogens (tertiary/aromatic N) is 2. The first-order valence-electron chi connectivity index (χ1n) is 3.70. The van der Waals surface area contributed by atoms with Gasteiger partial charge in [0.2, 0.25) is 0 Å². The lowest BCUT2D eigenvalue weighted by Crippen LogP contribution is -2.23. The Kier molecular flexibility index (Phi) is 3.20. The van der Waals surface area contributed by atoms with E-state index in [0.29, 0.717) is 6.61 Å². The lowest BCUT2D eigenvalue weighted by Gasteiger charge is -2.20. The molecule has 0 aliphatic carbocycles. The summed E-state index contributed by atoms with van der Waals surface area (Å²) in [6, 6.07) is 0. The van der Waals surface area contributed by atoms with Crippen LogP contribution < -0.4 is 0 Å². The fraction of sp³-hybridized carbons (Fsp3) is 0.714. The summed E-state index contributed by atoms with van der Waals surface area (Å²) in [6.45, 7) is 6.56. The molecule has 0 aromatic carbocycles. The van der Waals surface area contributed by atoms with Crippen LogP contribution in [0.5, 0.6) is 0 Å². The smallest absolute Gasteiger partial charge is 0.179 e. The van der Waals surface area contributed by atoms with Crippen LogP contribution >= 0.6 is 27.5 Å². The minimum atomic E-state index is -0.378. The van der Waals surface area contributed by atoms with Crippen LogP contribution in [0.4, 0.5) is 0 Å². The molecule has 0 unspecified atom stereocenters. The molecule has 0 atom stereocenters. The zero-order chi connectivity index (χ0) is 9.19. The highest BCUT2D eigenvalue weighted by Crippen LogP contribution is 2.24. The molecule has 0 saturated carbocycles. The summed E-state index contributed by atoms with van der Waals surface area (Å²) >= 11 is 4.60.